The van der Waals surface area contributed by atoms with Gasteiger partial charge in [0.25, 0.3) is 0 Å². The number of carbonyl (C=O) groups is 1. The van der Waals surface area contributed by atoms with Crippen LogP contribution in [0.2, 0.25) is 0 Å². The molecule has 0 atom stereocenters. The second-order valence-corrected chi connectivity index (χ2v) is 1.54. The van der Waals surface area contributed by atoms with Gasteiger partial charge in [-0.2, -0.15) is 0 Å². The minimum absolute atomic E-state index is 0.513. The van der Waals surface area contributed by atoms with Crippen molar-refractivity contribution < 1.29 is 4.79 Å². The van der Waals surface area contributed by atoms with Gasteiger partial charge in [0.2, 0.25) is 0 Å². The maximum Gasteiger partial charge on any atom is 0.151 e. The van der Waals surface area contributed by atoms with Gasteiger partial charge in [0.1, 0.15) is 0 Å². The van der Waals surface area contributed by atoms with E-state index in [1.165, 1.54) is 6.21 Å². The molecule has 0 aliphatic carbocycles. The standard InChI is InChI=1S/C8H9NO/c1-3-4-5-8(7-10)6-9-2/h4-7H,1H2,2H3. The summed E-state index contributed by atoms with van der Waals surface area (Å²) in [6, 6.07) is 0. The van der Waals surface area contributed by atoms with Gasteiger partial charge >= 0.3 is 0 Å². The molecule has 2 heteroatoms. The van der Waals surface area contributed by atoms with E-state index in [-0.39, 0.29) is 0 Å². The van der Waals surface area contributed by atoms with E-state index in [0.717, 1.165) is 6.29 Å². The molecule has 0 N–H and O–H groups in total. The third-order valence-electron chi connectivity index (χ3n) is 0.808. The van der Waals surface area contributed by atoms with Crippen LogP contribution in [0.3, 0.4) is 0 Å². The Kier molecular flexibility index (Phi) is 4.93. The zero-order chi connectivity index (χ0) is 7.82. The predicted octanol–water partition coefficient (Wildman–Crippen LogP) is 1.15. The van der Waals surface area contributed by atoms with Crippen molar-refractivity contribution in [3.63, 3.8) is 0 Å². The lowest BCUT2D eigenvalue weighted by Gasteiger charge is -1.81. The first-order valence-corrected chi connectivity index (χ1v) is 2.78. The van der Waals surface area contributed by atoms with E-state index in [1.807, 2.05) is 0 Å². The van der Waals surface area contributed by atoms with E-state index >= 15 is 0 Å². The second kappa shape index (κ2) is 5.73. The number of hydrogen-bond donors (Lipinski definition) is 0. The van der Waals surface area contributed by atoms with E-state index in [4.69, 9.17) is 0 Å². The highest BCUT2D eigenvalue weighted by Crippen LogP contribution is 1.84. The fourth-order valence-electron chi connectivity index (χ4n) is 0.417. The maximum atomic E-state index is 10.2. The van der Waals surface area contributed by atoms with Crippen molar-refractivity contribution in [2.45, 2.75) is 0 Å². The molecule has 0 aromatic heterocycles. The Morgan fingerprint density at radius 1 is 1.70 bits per heavy atom. The zero-order valence-corrected chi connectivity index (χ0v) is 5.87. The first-order chi connectivity index (χ1) is 4.85. The predicted molar refractivity (Wildman–Crippen MR) is 42.3 cm³/mol. The second-order valence-electron chi connectivity index (χ2n) is 1.54. The Bertz CT molecular complexity index is 207. The number of carbonyl (C=O) groups excluding carboxylic acids is 1. The molecule has 0 amide bonds. The quantitative estimate of drug-likeness (QED) is 0.188. The summed E-state index contributed by atoms with van der Waals surface area (Å²) in [7, 11) is 1.61. The topological polar surface area (TPSA) is 29.4 Å². The molecule has 10 heavy (non-hydrogen) atoms. The van der Waals surface area contributed by atoms with E-state index in [2.05, 4.69) is 17.3 Å². The molecule has 0 heterocycles. The molecular formula is C8H9NO. The number of aldehydes is 1. The molecule has 0 fully saturated rings. The van der Waals surface area contributed by atoms with Gasteiger partial charge in [0.15, 0.2) is 6.29 Å². The smallest absolute Gasteiger partial charge is 0.151 e. The number of allylic oxidation sites excluding steroid dienone is 3. The van der Waals surface area contributed by atoms with Crippen LogP contribution in [0, 0.1) is 0 Å². The summed E-state index contributed by atoms with van der Waals surface area (Å²) >= 11 is 0. The van der Waals surface area contributed by atoms with Crippen molar-refractivity contribution >= 4 is 12.5 Å². The molecule has 0 aliphatic heterocycles. The SMILES string of the molecule is C=C=CC=C(C=O)C=NC. The summed E-state index contributed by atoms with van der Waals surface area (Å²) in [6.07, 6.45) is 5.35. The van der Waals surface area contributed by atoms with E-state index < -0.39 is 0 Å². The molecule has 52 valence electrons. The molecule has 0 saturated carbocycles. The summed E-state index contributed by atoms with van der Waals surface area (Å²) in [5.41, 5.74) is 3.03. The van der Waals surface area contributed by atoms with Gasteiger partial charge in [-0.25, -0.2) is 0 Å². The monoisotopic (exact) mass is 135 g/mol. The number of aliphatic imine (C=N–C) groups is 1. The number of nitrogens with zero attached hydrogens (tertiary/aromatic N) is 1. The largest absolute Gasteiger partial charge is 0.298 e. The summed E-state index contributed by atoms with van der Waals surface area (Å²) in [5, 5.41) is 0. The van der Waals surface area contributed by atoms with Gasteiger partial charge < -0.3 is 0 Å². The summed E-state index contributed by atoms with van der Waals surface area (Å²) in [4.78, 5) is 13.8. The van der Waals surface area contributed by atoms with Crippen molar-refractivity contribution in [2.24, 2.45) is 4.99 Å². The molecule has 0 aliphatic rings. The molecule has 0 radical (unpaired) electrons. The molecule has 0 aromatic carbocycles. The highest BCUT2D eigenvalue weighted by molar-refractivity contribution is 6.01. The molecular weight excluding hydrogens is 126 g/mol. The van der Waals surface area contributed by atoms with Crippen molar-refractivity contribution in [3.8, 4) is 0 Å². The van der Waals surface area contributed by atoms with Crippen LogP contribution in [0.5, 0.6) is 0 Å². The van der Waals surface area contributed by atoms with E-state index in [0.29, 0.717) is 5.57 Å². The van der Waals surface area contributed by atoms with Gasteiger partial charge in [-0.05, 0) is 12.2 Å². The average Bonchev–Trinajstić information content (AvgIpc) is 1.98. The van der Waals surface area contributed by atoms with Crippen LogP contribution in [0.15, 0.2) is 35.0 Å². The minimum Gasteiger partial charge on any atom is -0.298 e. The highest BCUT2D eigenvalue weighted by atomic mass is 16.1. The minimum atomic E-state index is 0.513. The lowest BCUT2D eigenvalue weighted by Crippen LogP contribution is -1.83. The third kappa shape index (κ3) is 3.58. The summed E-state index contributed by atoms with van der Waals surface area (Å²) in [5.74, 6) is 0. The van der Waals surface area contributed by atoms with E-state index in [9.17, 15) is 4.79 Å². The Morgan fingerprint density at radius 2 is 2.40 bits per heavy atom. The summed E-state index contributed by atoms with van der Waals surface area (Å²) < 4.78 is 0. The molecule has 0 aromatic rings. The zero-order valence-electron chi connectivity index (χ0n) is 5.87. The van der Waals surface area contributed by atoms with E-state index in [1.54, 1.807) is 19.2 Å². The fourth-order valence-corrected chi connectivity index (χ4v) is 0.417. The van der Waals surface area contributed by atoms with Gasteiger partial charge in [0, 0.05) is 18.8 Å². The highest BCUT2D eigenvalue weighted by Gasteiger charge is 1.83. The van der Waals surface area contributed by atoms with Crippen LogP contribution in [-0.4, -0.2) is 19.5 Å². The van der Waals surface area contributed by atoms with Crippen molar-refractivity contribution in [1.82, 2.24) is 0 Å². The van der Waals surface area contributed by atoms with Crippen molar-refractivity contribution in [2.75, 3.05) is 7.05 Å². The van der Waals surface area contributed by atoms with Crippen LogP contribution in [0.1, 0.15) is 0 Å². The van der Waals surface area contributed by atoms with Gasteiger partial charge in [-0.1, -0.05) is 6.58 Å². The Morgan fingerprint density at radius 3 is 2.80 bits per heavy atom. The van der Waals surface area contributed by atoms with Crippen LogP contribution in [-0.2, 0) is 4.79 Å². The van der Waals surface area contributed by atoms with Crippen molar-refractivity contribution in [3.05, 3.63) is 30.0 Å². The Labute approximate surface area is 60.3 Å². The first kappa shape index (κ1) is 8.60. The molecule has 0 rings (SSSR count). The van der Waals surface area contributed by atoms with Gasteiger partial charge in [-0.3, -0.25) is 9.79 Å². The molecule has 2 nitrogen and oxygen atoms in total. The number of rotatable bonds is 3. The summed E-state index contributed by atoms with van der Waals surface area (Å²) in [6.45, 7) is 3.34. The molecule has 0 bridgehead atoms. The van der Waals surface area contributed by atoms with Crippen LogP contribution < -0.4 is 0 Å². The van der Waals surface area contributed by atoms with Gasteiger partial charge in [-0.15, -0.1) is 5.73 Å². The molecule has 0 unspecified atom stereocenters. The molecule has 0 saturated heterocycles. The Hall–Kier alpha value is -1.40. The lowest BCUT2D eigenvalue weighted by atomic mass is 10.3. The normalized spacial score (nSPS) is 11.1. The van der Waals surface area contributed by atoms with Crippen LogP contribution >= 0.6 is 0 Å². The fraction of sp³-hybridized carbons (Fsp3) is 0.125. The lowest BCUT2D eigenvalue weighted by molar-refractivity contribution is -0.104. The van der Waals surface area contributed by atoms with Crippen LogP contribution in [0.4, 0.5) is 0 Å². The van der Waals surface area contributed by atoms with Crippen molar-refractivity contribution in [1.29, 1.82) is 0 Å². The average molecular weight is 135 g/mol. The van der Waals surface area contributed by atoms with Gasteiger partial charge in [0.05, 0.1) is 0 Å². The third-order valence-corrected chi connectivity index (χ3v) is 0.808. The van der Waals surface area contributed by atoms with Crippen LogP contribution in [0.25, 0.3) is 0 Å². The maximum absolute atomic E-state index is 10.2. The molecule has 0 spiro atoms. The number of hydrogen-bond acceptors (Lipinski definition) is 2. The Balaban J connectivity index is 4.31. The first-order valence-electron chi connectivity index (χ1n) is 2.78.